The Balaban J connectivity index is 2.31. The second-order valence-corrected chi connectivity index (χ2v) is 9.35. The van der Waals surface area contributed by atoms with Crippen LogP contribution in [-0.4, -0.2) is 87.4 Å². The number of hydrogen-bond donors (Lipinski definition) is 10. The molecule has 3 amide bonds. The number of carboxylic acid groups (broad SMARTS) is 1. The van der Waals surface area contributed by atoms with Gasteiger partial charge in [-0.2, -0.15) is 12.6 Å². The van der Waals surface area contributed by atoms with Crippen LogP contribution in [-0.2, 0) is 25.6 Å². The van der Waals surface area contributed by atoms with Crippen LogP contribution in [0.4, 0.5) is 0 Å². The highest BCUT2D eigenvalue weighted by molar-refractivity contribution is 7.80. The zero-order valence-electron chi connectivity index (χ0n) is 21.5. The molecule has 1 heterocycles. The number of hydrogen-bond acceptors (Lipinski definition) is 8. The lowest BCUT2D eigenvalue weighted by Crippen LogP contribution is -2.58. The molecule has 0 aliphatic heterocycles. The van der Waals surface area contributed by atoms with Gasteiger partial charge in [0, 0.05) is 35.8 Å². The second kappa shape index (κ2) is 14.9. The fourth-order valence-electron chi connectivity index (χ4n) is 3.72. The van der Waals surface area contributed by atoms with Gasteiger partial charge in [0.15, 0.2) is 5.96 Å². The molecule has 0 fully saturated rings. The standard InChI is InChI=1S/C24H36N8O6S/c1-12(33)19(25)22(36)30-16(7-4-8-28-24(26)27)20(34)31-17(21(35)32-18(11-39)23(37)38)9-13-10-29-15-6-3-2-5-14(13)15/h2-3,5-6,10,12,16-19,29,33,39H,4,7-9,11,25H2,1H3,(H,30,36)(H,31,34)(H,32,35)(H,37,38)(H4,26,27,28). The SMILES string of the molecule is CC(O)C(N)C(=O)NC(CCCN=C(N)N)C(=O)NC(Cc1c[nH]c2ccccc12)C(=O)NC(CS)C(=O)O. The van der Waals surface area contributed by atoms with E-state index in [1.54, 1.807) is 6.20 Å². The number of carbonyl (C=O) groups is 4. The van der Waals surface area contributed by atoms with Crippen molar-refractivity contribution in [2.75, 3.05) is 12.3 Å². The number of benzene rings is 1. The van der Waals surface area contributed by atoms with E-state index in [-0.39, 0.29) is 31.1 Å². The fraction of sp³-hybridized carbons (Fsp3) is 0.458. The Hall–Kier alpha value is -3.82. The van der Waals surface area contributed by atoms with Crippen molar-refractivity contribution in [1.82, 2.24) is 20.9 Å². The maximum atomic E-state index is 13.4. The van der Waals surface area contributed by atoms with Gasteiger partial charge in [0.25, 0.3) is 0 Å². The first-order chi connectivity index (χ1) is 18.4. The number of amides is 3. The first-order valence-corrected chi connectivity index (χ1v) is 12.9. The average molecular weight is 565 g/mol. The highest BCUT2D eigenvalue weighted by Gasteiger charge is 2.31. The van der Waals surface area contributed by atoms with Crippen LogP contribution >= 0.6 is 12.6 Å². The van der Waals surface area contributed by atoms with Crippen LogP contribution in [0.25, 0.3) is 10.9 Å². The summed E-state index contributed by atoms with van der Waals surface area (Å²) in [7, 11) is 0. The molecular formula is C24H36N8O6S. The summed E-state index contributed by atoms with van der Waals surface area (Å²) in [4.78, 5) is 57.5. The number of nitrogens with two attached hydrogens (primary N) is 3. The highest BCUT2D eigenvalue weighted by Crippen LogP contribution is 2.19. The Morgan fingerprint density at radius 2 is 1.64 bits per heavy atom. The normalized spacial score (nSPS) is 14.9. The van der Waals surface area contributed by atoms with Gasteiger partial charge < -0.3 is 48.3 Å². The molecule has 5 atom stereocenters. The van der Waals surface area contributed by atoms with Crippen LogP contribution in [0.1, 0.15) is 25.3 Å². The van der Waals surface area contributed by atoms with Gasteiger partial charge in [-0.05, 0) is 31.4 Å². The molecule has 5 unspecified atom stereocenters. The van der Waals surface area contributed by atoms with E-state index in [4.69, 9.17) is 17.2 Å². The Labute approximate surface area is 230 Å². The van der Waals surface area contributed by atoms with Crippen LogP contribution in [0.5, 0.6) is 0 Å². The zero-order chi connectivity index (χ0) is 29.1. The molecule has 214 valence electrons. The van der Waals surface area contributed by atoms with Crippen LogP contribution in [0.15, 0.2) is 35.5 Å². The van der Waals surface area contributed by atoms with E-state index in [0.717, 1.165) is 10.9 Å². The summed E-state index contributed by atoms with van der Waals surface area (Å²) >= 11 is 3.98. The molecule has 0 saturated heterocycles. The third kappa shape index (κ3) is 9.46. The predicted octanol–water partition coefficient (Wildman–Crippen LogP) is -2.06. The number of aliphatic carboxylic acids is 1. The second-order valence-electron chi connectivity index (χ2n) is 8.98. The molecule has 0 spiro atoms. The number of aromatic amines is 1. The minimum absolute atomic E-state index is 0.0162. The Morgan fingerprint density at radius 3 is 2.26 bits per heavy atom. The molecule has 0 aliphatic carbocycles. The molecule has 0 aliphatic rings. The van der Waals surface area contributed by atoms with Crippen molar-refractivity contribution in [3.8, 4) is 0 Å². The predicted molar refractivity (Wildman–Crippen MR) is 149 cm³/mol. The molecule has 0 bridgehead atoms. The van der Waals surface area contributed by atoms with Gasteiger partial charge in [0.1, 0.15) is 24.2 Å². The molecule has 15 heteroatoms. The van der Waals surface area contributed by atoms with Gasteiger partial charge in [0.2, 0.25) is 17.7 Å². The van der Waals surface area contributed by atoms with Gasteiger partial charge in [-0.15, -0.1) is 0 Å². The molecule has 12 N–H and O–H groups in total. The van der Waals surface area contributed by atoms with E-state index in [0.29, 0.717) is 12.0 Å². The molecular weight excluding hydrogens is 528 g/mol. The molecule has 2 rings (SSSR count). The van der Waals surface area contributed by atoms with E-state index in [9.17, 15) is 29.4 Å². The van der Waals surface area contributed by atoms with Crippen molar-refractivity contribution in [1.29, 1.82) is 0 Å². The third-order valence-corrected chi connectivity index (χ3v) is 6.29. The monoisotopic (exact) mass is 564 g/mol. The van der Waals surface area contributed by atoms with Gasteiger partial charge in [-0.25, -0.2) is 4.79 Å². The topological polar surface area (TPSA) is 251 Å². The number of para-hydroxylation sites is 1. The zero-order valence-corrected chi connectivity index (χ0v) is 22.4. The maximum absolute atomic E-state index is 13.4. The number of aliphatic hydroxyl groups excluding tert-OH is 1. The number of nitrogens with one attached hydrogen (secondary N) is 4. The number of aliphatic hydroxyl groups is 1. The lowest BCUT2D eigenvalue weighted by atomic mass is 10.0. The lowest BCUT2D eigenvalue weighted by molar-refractivity contribution is -0.141. The minimum atomic E-state index is -1.30. The summed E-state index contributed by atoms with van der Waals surface area (Å²) in [5.41, 5.74) is 17.9. The van der Waals surface area contributed by atoms with Gasteiger partial charge in [-0.3, -0.25) is 19.4 Å². The number of carbonyl (C=O) groups excluding carboxylic acids is 3. The number of H-pyrrole nitrogens is 1. The van der Waals surface area contributed by atoms with Crippen molar-refractivity contribution < 1.29 is 29.4 Å². The summed E-state index contributed by atoms with van der Waals surface area (Å²) in [6, 6.07) is 2.40. The molecule has 0 radical (unpaired) electrons. The van der Waals surface area contributed by atoms with E-state index in [1.807, 2.05) is 24.3 Å². The number of carboxylic acids is 1. The van der Waals surface area contributed by atoms with Crippen molar-refractivity contribution in [3.05, 3.63) is 36.0 Å². The molecule has 39 heavy (non-hydrogen) atoms. The highest BCUT2D eigenvalue weighted by atomic mass is 32.1. The van der Waals surface area contributed by atoms with E-state index < -0.39 is 54.0 Å². The number of aliphatic imine (C=N–C) groups is 1. The molecule has 2 aromatic rings. The summed E-state index contributed by atoms with van der Waals surface area (Å²) in [5, 5.41) is 27.4. The van der Waals surface area contributed by atoms with E-state index in [1.165, 1.54) is 6.92 Å². The fourth-order valence-corrected chi connectivity index (χ4v) is 3.97. The van der Waals surface area contributed by atoms with E-state index >= 15 is 0 Å². The van der Waals surface area contributed by atoms with Crippen LogP contribution in [0, 0.1) is 0 Å². The minimum Gasteiger partial charge on any atom is -0.480 e. The van der Waals surface area contributed by atoms with Gasteiger partial charge >= 0.3 is 5.97 Å². The smallest absolute Gasteiger partial charge is 0.327 e. The number of nitrogens with zero attached hydrogens (tertiary/aromatic N) is 1. The Kier molecular flexibility index (Phi) is 12.0. The molecule has 1 aromatic carbocycles. The lowest BCUT2D eigenvalue weighted by Gasteiger charge is -2.25. The number of fused-ring (bicyclic) bond motifs is 1. The summed E-state index contributed by atoms with van der Waals surface area (Å²) in [6.07, 6.45) is 0.907. The third-order valence-electron chi connectivity index (χ3n) is 5.93. The quantitative estimate of drug-likeness (QED) is 0.0493. The first-order valence-electron chi connectivity index (χ1n) is 12.2. The Bertz CT molecular complexity index is 1180. The van der Waals surface area contributed by atoms with E-state index in [2.05, 4.69) is 38.6 Å². The number of guanidine groups is 1. The first kappa shape index (κ1) is 31.4. The summed E-state index contributed by atoms with van der Waals surface area (Å²) < 4.78 is 0. The summed E-state index contributed by atoms with van der Waals surface area (Å²) in [5.74, 6) is -3.83. The van der Waals surface area contributed by atoms with Gasteiger partial charge in [-0.1, -0.05) is 18.2 Å². The average Bonchev–Trinajstić information content (AvgIpc) is 3.30. The largest absolute Gasteiger partial charge is 0.480 e. The summed E-state index contributed by atoms with van der Waals surface area (Å²) in [6.45, 7) is 1.51. The van der Waals surface area contributed by atoms with Crippen molar-refractivity contribution in [2.45, 2.75) is 56.5 Å². The van der Waals surface area contributed by atoms with Crippen LogP contribution < -0.4 is 33.2 Å². The number of thiol groups is 1. The van der Waals surface area contributed by atoms with Crippen LogP contribution in [0.3, 0.4) is 0 Å². The molecule has 0 saturated carbocycles. The van der Waals surface area contributed by atoms with Gasteiger partial charge in [0.05, 0.1) is 6.10 Å². The van der Waals surface area contributed by atoms with Crippen molar-refractivity contribution in [2.24, 2.45) is 22.2 Å². The maximum Gasteiger partial charge on any atom is 0.327 e. The van der Waals surface area contributed by atoms with Crippen molar-refractivity contribution >= 4 is 53.2 Å². The number of aromatic nitrogens is 1. The van der Waals surface area contributed by atoms with Crippen molar-refractivity contribution in [3.63, 3.8) is 0 Å². The number of rotatable bonds is 15. The molecule has 1 aromatic heterocycles. The van der Waals surface area contributed by atoms with Crippen LogP contribution in [0.2, 0.25) is 0 Å². The molecule has 14 nitrogen and oxygen atoms in total. The Morgan fingerprint density at radius 1 is 1.03 bits per heavy atom.